The Morgan fingerprint density at radius 2 is 1.94 bits per heavy atom. The van der Waals surface area contributed by atoms with Gasteiger partial charge in [-0.25, -0.2) is 0 Å². The van der Waals surface area contributed by atoms with E-state index in [9.17, 15) is 19.7 Å². The summed E-state index contributed by atoms with van der Waals surface area (Å²) in [6, 6.07) is 10.3. The van der Waals surface area contributed by atoms with Crippen LogP contribution in [0.3, 0.4) is 0 Å². The summed E-state index contributed by atoms with van der Waals surface area (Å²) in [7, 11) is 1.55. The van der Waals surface area contributed by atoms with E-state index in [0.717, 1.165) is 5.56 Å². The number of benzene rings is 1. The van der Waals surface area contributed by atoms with Crippen molar-refractivity contribution in [3.63, 3.8) is 0 Å². The lowest BCUT2D eigenvalue weighted by Crippen LogP contribution is -2.38. The number of hydrogen-bond donors (Lipinski definition) is 1. The zero-order chi connectivity index (χ0) is 22.5. The first-order valence-corrected chi connectivity index (χ1v) is 9.58. The summed E-state index contributed by atoms with van der Waals surface area (Å²) in [6.45, 7) is 3.77. The van der Waals surface area contributed by atoms with Gasteiger partial charge in [0.05, 0.1) is 30.8 Å². The van der Waals surface area contributed by atoms with Crippen LogP contribution in [0.5, 0.6) is 0 Å². The van der Waals surface area contributed by atoms with Gasteiger partial charge in [-0.1, -0.05) is 12.1 Å². The van der Waals surface area contributed by atoms with Crippen LogP contribution in [0.1, 0.15) is 33.1 Å². The number of rotatable bonds is 8. The number of furan rings is 1. The number of nitro groups is 1. The van der Waals surface area contributed by atoms with Crippen LogP contribution in [0.25, 0.3) is 0 Å². The van der Waals surface area contributed by atoms with E-state index >= 15 is 0 Å². The van der Waals surface area contributed by atoms with Crippen molar-refractivity contribution in [1.29, 1.82) is 0 Å². The third-order valence-electron chi connectivity index (χ3n) is 4.83. The molecular formula is C21H23N5O5. The van der Waals surface area contributed by atoms with Crippen LogP contribution in [0.15, 0.2) is 47.1 Å². The summed E-state index contributed by atoms with van der Waals surface area (Å²) in [6.07, 6.45) is 1.52. The molecule has 0 saturated heterocycles. The average molecular weight is 425 g/mol. The van der Waals surface area contributed by atoms with Crippen LogP contribution in [-0.4, -0.2) is 45.0 Å². The Morgan fingerprint density at radius 1 is 1.23 bits per heavy atom. The first-order chi connectivity index (χ1) is 14.8. The molecule has 0 bridgehead atoms. The zero-order valence-corrected chi connectivity index (χ0v) is 17.5. The molecule has 162 valence electrons. The zero-order valence-electron chi connectivity index (χ0n) is 17.5. The minimum Gasteiger partial charge on any atom is -0.467 e. The first-order valence-electron chi connectivity index (χ1n) is 9.58. The van der Waals surface area contributed by atoms with Gasteiger partial charge in [0.1, 0.15) is 17.1 Å². The van der Waals surface area contributed by atoms with E-state index in [1.54, 1.807) is 62.0 Å². The fourth-order valence-corrected chi connectivity index (χ4v) is 3.19. The van der Waals surface area contributed by atoms with Crippen molar-refractivity contribution < 1.29 is 18.9 Å². The fraction of sp³-hybridized carbons (Fsp3) is 0.286. The van der Waals surface area contributed by atoms with Gasteiger partial charge in [0, 0.05) is 12.6 Å². The summed E-state index contributed by atoms with van der Waals surface area (Å²) < 4.78 is 6.72. The maximum absolute atomic E-state index is 12.6. The molecule has 3 aromatic rings. The number of hydrogen-bond acceptors (Lipinski definition) is 6. The standard InChI is InChI=1S/C21H23N5O5/c1-14-20(26(29)30)15(2)25(23-14)12-16-6-8-17(9-7-16)21(28)24(3)13-19(27)22-11-18-5-4-10-31-18/h4-10H,11-13H2,1-3H3,(H,22,27). The second-order valence-electron chi connectivity index (χ2n) is 7.15. The van der Waals surface area contributed by atoms with Crippen molar-refractivity contribution in [2.75, 3.05) is 13.6 Å². The third-order valence-corrected chi connectivity index (χ3v) is 4.83. The number of amides is 2. The second kappa shape index (κ2) is 9.24. The topological polar surface area (TPSA) is 124 Å². The van der Waals surface area contributed by atoms with Gasteiger partial charge >= 0.3 is 5.69 Å². The van der Waals surface area contributed by atoms with Gasteiger partial charge in [0.15, 0.2) is 0 Å². The maximum atomic E-state index is 12.6. The van der Waals surface area contributed by atoms with Gasteiger partial charge < -0.3 is 14.6 Å². The van der Waals surface area contributed by atoms with E-state index in [1.807, 2.05) is 0 Å². The molecule has 0 fully saturated rings. The third kappa shape index (κ3) is 5.16. The highest BCUT2D eigenvalue weighted by molar-refractivity contribution is 5.96. The molecule has 2 aromatic heterocycles. The minimum atomic E-state index is -0.434. The van der Waals surface area contributed by atoms with Gasteiger partial charge in [-0.2, -0.15) is 5.10 Å². The summed E-state index contributed by atoms with van der Waals surface area (Å²) in [5, 5.41) is 18.1. The Labute approximate surface area is 178 Å². The van der Waals surface area contributed by atoms with E-state index in [4.69, 9.17) is 4.42 Å². The first kappa shape index (κ1) is 21.8. The summed E-state index contributed by atoms with van der Waals surface area (Å²) >= 11 is 0. The molecule has 0 aliphatic rings. The number of nitrogens with one attached hydrogen (secondary N) is 1. The quantitative estimate of drug-likeness (QED) is 0.437. The molecule has 10 heteroatoms. The van der Waals surface area contributed by atoms with E-state index < -0.39 is 4.92 Å². The molecule has 0 unspecified atom stereocenters. The molecule has 0 saturated carbocycles. The van der Waals surface area contributed by atoms with Crippen molar-refractivity contribution in [3.8, 4) is 0 Å². The normalized spacial score (nSPS) is 10.7. The summed E-state index contributed by atoms with van der Waals surface area (Å²) in [5.74, 6) is 0.0438. The Morgan fingerprint density at radius 3 is 2.52 bits per heavy atom. The number of nitrogens with zero attached hydrogens (tertiary/aromatic N) is 4. The van der Waals surface area contributed by atoms with Crippen molar-refractivity contribution in [1.82, 2.24) is 20.0 Å². The lowest BCUT2D eigenvalue weighted by atomic mass is 10.1. The van der Waals surface area contributed by atoms with Crippen molar-refractivity contribution in [2.45, 2.75) is 26.9 Å². The number of likely N-dealkylation sites (N-methyl/N-ethyl adjacent to an activating group) is 1. The molecule has 10 nitrogen and oxygen atoms in total. The van der Waals surface area contributed by atoms with Crippen LogP contribution in [-0.2, 0) is 17.9 Å². The van der Waals surface area contributed by atoms with Gasteiger partial charge in [-0.15, -0.1) is 0 Å². The fourth-order valence-electron chi connectivity index (χ4n) is 3.19. The monoisotopic (exact) mass is 425 g/mol. The molecule has 0 aliphatic heterocycles. The Kier molecular flexibility index (Phi) is 6.49. The molecule has 1 aromatic carbocycles. The number of aromatic nitrogens is 2. The maximum Gasteiger partial charge on any atom is 0.312 e. The SMILES string of the molecule is Cc1nn(Cc2ccc(C(=O)N(C)CC(=O)NCc3ccco3)cc2)c(C)c1[N+](=O)[O-]. The van der Waals surface area contributed by atoms with Crippen molar-refractivity contribution >= 4 is 17.5 Å². The van der Waals surface area contributed by atoms with E-state index in [2.05, 4.69) is 10.4 Å². The lowest BCUT2D eigenvalue weighted by Gasteiger charge is -2.17. The van der Waals surface area contributed by atoms with E-state index in [-0.39, 0.29) is 30.6 Å². The second-order valence-corrected chi connectivity index (χ2v) is 7.15. The van der Waals surface area contributed by atoms with E-state index in [1.165, 1.54) is 11.2 Å². The minimum absolute atomic E-state index is 0.0127. The Hall–Kier alpha value is -3.95. The predicted molar refractivity (Wildman–Crippen MR) is 111 cm³/mol. The van der Waals surface area contributed by atoms with Crippen LogP contribution in [0.4, 0.5) is 5.69 Å². The molecule has 0 spiro atoms. The molecule has 0 radical (unpaired) electrons. The molecule has 1 N–H and O–H groups in total. The van der Waals surface area contributed by atoms with Gasteiger partial charge in [0.2, 0.25) is 5.91 Å². The van der Waals surface area contributed by atoms with Crippen molar-refractivity contribution in [3.05, 3.63) is 81.1 Å². The summed E-state index contributed by atoms with van der Waals surface area (Å²) in [4.78, 5) is 36.7. The largest absolute Gasteiger partial charge is 0.467 e. The molecule has 2 heterocycles. The Balaban J connectivity index is 1.59. The van der Waals surface area contributed by atoms with Gasteiger partial charge in [0.25, 0.3) is 5.91 Å². The highest BCUT2D eigenvalue weighted by Gasteiger charge is 2.22. The number of carbonyl (C=O) groups excluding carboxylic acids is 2. The highest BCUT2D eigenvalue weighted by atomic mass is 16.6. The van der Waals surface area contributed by atoms with Crippen LogP contribution >= 0.6 is 0 Å². The smallest absolute Gasteiger partial charge is 0.312 e. The van der Waals surface area contributed by atoms with Crippen LogP contribution < -0.4 is 5.32 Å². The molecule has 31 heavy (non-hydrogen) atoms. The molecule has 3 rings (SSSR count). The van der Waals surface area contributed by atoms with Crippen molar-refractivity contribution in [2.24, 2.45) is 0 Å². The number of aryl methyl sites for hydroxylation is 1. The lowest BCUT2D eigenvalue weighted by molar-refractivity contribution is -0.386. The number of carbonyl (C=O) groups is 2. The predicted octanol–water partition coefficient (Wildman–Crippen LogP) is 2.44. The van der Waals surface area contributed by atoms with E-state index in [0.29, 0.717) is 29.3 Å². The molecule has 2 amide bonds. The molecular weight excluding hydrogens is 402 g/mol. The highest BCUT2D eigenvalue weighted by Crippen LogP contribution is 2.22. The molecule has 0 aliphatic carbocycles. The van der Waals surface area contributed by atoms with Gasteiger partial charge in [-0.3, -0.25) is 24.4 Å². The molecule has 0 atom stereocenters. The van der Waals surface area contributed by atoms with Gasteiger partial charge in [-0.05, 0) is 43.7 Å². The Bertz CT molecular complexity index is 1090. The van der Waals surface area contributed by atoms with Crippen LogP contribution in [0.2, 0.25) is 0 Å². The van der Waals surface area contributed by atoms with Crippen LogP contribution in [0, 0.1) is 24.0 Å². The summed E-state index contributed by atoms with van der Waals surface area (Å²) in [5.41, 5.74) is 2.13. The average Bonchev–Trinajstić information content (AvgIpc) is 3.34.